The standard InChI is InChI=1S/C19H27ClN4O/c1-22-9-5-16(13-22)24-14-19(6-4-18(24)25)7-10-23(11-8-19)17-3-2-15(20)12-21-17/h2-3,12,16H,4-11,13-14H2,1H3/t16-/m1/s1. The maximum Gasteiger partial charge on any atom is 0.222 e. The number of hydrogen-bond donors (Lipinski definition) is 0. The predicted octanol–water partition coefficient (Wildman–Crippen LogP) is 2.65. The Morgan fingerprint density at radius 1 is 1.20 bits per heavy atom. The van der Waals surface area contributed by atoms with Crippen LogP contribution in [0.2, 0.25) is 5.02 Å². The minimum Gasteiger partial charge on any atom is -0.357 e. The molecule has 1 aromatic rings. The van der Waals surface area contributed by atoms with Gasteiger partial charge in [-0.2, -0.15) is 0 Å². The molecule has 0 aliphatic carbocycles. The zero-order chi connectivity index (χ0) is 17.4. The van der Waals surface area contributed by atoms with Crippen LogP contribution in [0.15, 0.2) is 18.3 Å². The van der Waals surface area contributed by atoms with E-state index in [9.17, 15) is 4.79 Å². The van der Waals surface area contributed by atoms with E-state index in [1.807, 2.05) is 12.1 Å². The largest absolute Gasteiger partial charge is 0.357 e. The number of halogens is 1. The summed E-state index contributed by atoms with van der Waals surface area (Å²) in [7, 11) is 2.15. The van der Waals surface area contributed by atoms with Gasteiger partial charge in [0.2, 0.25) is 5.91 Å². The van der Waals surface area contributed by atoms with Gasteiger partial charge >= 0.3 is 0 Å². The monoisotopic (exact) mass is 362 g/mol. The van der Waals surface area contributed by atoms with Gasteiger partial charge < -0.3 is 14.7 Å². The predicted molar refractivity (Wildman–Crippen MR) is 100.0 cm³/mol. The molecule has 25 heavy (non-hydrogen) atoms. The Hall–Kier alpha value is -1.33. The van der Waals surface area contributed by atoms with Gasteiger partial charge in [-0.15, -0.1) is 0 Å². The molecule has 0 N–H and O–H groups in total. The van der Waals surface area contributed by atoms with Crippen LogP contribution in [-0.4, -0.2) is 66.5 Å². The van der Waals surface area contributed by atoms with Gasteiger partial charge in [-0.3, -0.25) is 4.79 Å². The van der Waals surface area contributed by atoms with Crippen molar-refractivity contribution < 1.29 is 4.79 Å². The number of aromatic nitrogens is 1. The number of nitrogens with zero attached hydrogens (tertiary/aromatic N) is 4. The van der Waals surface area contributed by atoms with Crippen LogP contribution in [0.1, 0.15) is 32.1 Å². The van der Waals surface area contributed by atoms with E-state index in [1.54, 1.807) is 6.20 Å². The lowest BCUT2D eigenvalue weighted by molar-refractivity contribution is -0.141. The maximum atomic E-state index is 12.5. The number of carbonyl (C=O) groups is 1. The minimum absolute atomic E-state index is 0.304. The Balaban J connectivity index is 1.41. The third-order valence-electron chi connectivity index (χ3n) is 6.36. The SMILES string of the molecule is CN1CC[C@@H](N2CC3(CCC2=O)CCN(c2ccc(Cl)cn2)CC3)C1. The summed E-state index contributed by atoms with van der Waals surface area (Å²) in [5.41, 5.74) is 0.304. The number of likely N-dealkylation sites (tertiary alicyclic amines) is 2. The van der Waals surface area contributed by atoms with E-state index in [0.717, 1.165) is 70.6 Å². The molecule has 0 aromatic carbocycles. The van der Waals surface area contributed by atoms with Crippen molar-refractivity contribution in [2.24, 2.45) is 5.41 Å². The van der Waals surface area contributed by atoms with E-state index in [2.05, 4.69) is 26.7 Å². The molecule has 0 unspecified atom stereocenters. The second-order valence-corrected chi connectivity index (χ2v) is 8.48. The number of pyridine rings is 1. The normalized spacial score (nSPS) is 27.3. The summed E-state index contributed by atoms with van der Waals surface area (Å²) in [6.45, 7) is 5.12. The van der Waals surface area contributed by atoms with E-state index in [1.165, 1.54) is 0 Å². The molecule has 5 nitrogen and oxygen atoms in total. The molecule has 4 rings (SSSR count). The van der Waals surface area contributed by atoms with E-state index in [0.29, 0.717) is 22.4 Å². The van der Waals surface area contributed by atoms with E-state index >= 15 is 0 Å². The summed E-state index contributed by atoms with van der Waals surface area (Å²) in [6, 6.07) is 4.34. The van der Waals surface area contributed by atoms with Gasteiger partial charge in [0.25, 0.3) is 0 Å². The van der Waals surface area contributed by atoms with Gasteiger partial charge in [-0.1, -0.05) is 11.6 Å². The molecule has 3 fully saturated rings. The van der Waals surface area contributed by atoms with Gasteiger partial charge in [0.1, 0.15) is 5.82 Å². The van der Waals surface area contributed by atoms with Crippen molar-refractivity contribution in [1.82, 2.24) is 14.8 Å². The first-order valence-corrected chi connectivity index (χ1v) is 9.77. The first kappa shape index (κ1) is 17.1. The van der Waals surface area contributed by atoms with E-state index in [-0.39, 0.29) is 0 Å². The van der Waals surface area contributed by atoms with Gasteiger partial charge in [-0.05, 0) is 56.8 Å². The second-order valence-electron chi connectivity index (χ2n) is 8.05. The molecule has 6 heteroatoms. The number of anilines is 1. The minimum atomic E-state index is 0.304. The number of likely N-dealkylation sites (N-methyl/N-ethyl adjacent to an activating group) is 1. The molecule has 4 heterocycles. The fraction of sp³-hybridized carbons (Fsp3) is 0.684. The van der Waals surface area contributed by atoms with Crippen molar-refractivity contribution in [3.8, 4) is 0 Å². The fourth-order valence-corrected chi connectivity index (χ4v) is 4.83. The molecule has 3 saturated heterocycles. The average molecular weight is 363 g/mol. The Bertz CT molecular complexity index is 627. The van der Waals surface area contributed by atoms with Crippen molar-refractivity contribution in [3.05, 3.63) is 23.4 Å². The lowest BCUT2D eigenvalue weighted by Gasteiger charge is -2.49. The molecule has 0 bridgehead atoms. The van der Waals surface area contributed by atoms with Crippen molar-refractivity contribution in [2.75, 3.05) is 44.7 Å². The third kappa shape index (κ3) is 3.49. The molecule has 1 aromatic heterocycles. The highest BCUT2D eigenvalue weighted by Crippen LogP contribution is 2.42. The summed E-state index contributed by atoms with van der Waals surface area (Å²) < 4.78 is 0. The zero-order valence-electron chi connectivity index (χ0n) is 15.0. The lowest BCUT2D eigenvalue weighted by atomic mass is 9.72. The van der Waals surface area contributed by atoms with Crippen molar-refractivity contribution in [2.45, 2.75) is 38.1 Å². The number of amides is 1. The second kappa shape index (κ2) is 6.76. The first-order valence-electron chi connectivity index (χ1n) is 9.39. The molecule has 0 saturated carbocycles. The maximum absolute atomic E-state index is 12.5. The van der Waals surface area contributed by atoms with Crippen molar-refractivity contribution >= 4 is 23.3 Å². The molecular weight excluding hydrogens is 336 g/mol. The van der Waals surface area contributed by atoms with Crippen LogP contribution in [-0.2, 0) is 4.79 Å². The van der Waals surface area contributed by atoms with Crippen LogP contribution in [0.4, 0.5) is 5.82 Å². The lowest BCUT2D eigenvalue weighted by Crippen LogP contribution is -2.55. The van der Waals surface area contributed by atoms with Crippen LogP contribution in [0, 0.1) is 5.41 Å². The highest BCUT2D eigenvalue weighted by molar-refractivity contribution is 6.30. The molecule has 1 amide bonds. The molecule has 136 valence electrons. The van der Waals surface area contributed by atoms with Crippen molar-refractivity contribution in [1.29, 1.82) is 0 Å². The number of hydrogen-bond acceptors (Lipinski definition) is 4. The molecular formula is C19H27ClN4O. The van der Waals surface area contributed by atoms with Gasteiger partial charge in [0.05, 0.1) is 5.02 Å². The summed E-state index contributed by atoms with van der Waals surface area (Å²) in [6.07, 6.45) is 6.90. The Kier molecular flexibility index (Phi) is 4.63. The smallest absolute Gasteiger partial charge is 0.222 e. The summed E-state index contributed by atoms with van der Waals surface area (Å²) in [4.78, 5) is 23.9. The van der Waals surface area contributed by atoms with Gasteiger partial charge in [0, 0.05) is 44.8 Å². The molecule has 1 atom stereocenters. The number of piperidine rings is 2. The topological polar surface area (TPSA) is 39.7 Å². The van der Waals surface area contributed by atoms with E-state index in [4.69, 9.17) is 11.6 Å². The number of carbonyl (C=O) groups excluding carboxylic acids is 1. The summed E-state index contributed by atoms with van der Waals surface area (Å²) in [5.74, 6) is 1.38. The fourth-order valence-electron chi connectivity index (χ4n) is 4.72. The first-order chi connectivity index (χ1) is 12.0. The highest BCUT2D eigenvalue weighted by Gasteiger charge is 2.43. The summed E-state index contributed by atoms with van der Waals surface area (Å²) >= 11 is 5.95. The highest BCUT2D eigenvalue weighted by atomic mass is 35.5. The summed E-state index contributed by atoms with van der Waals surface area (Å²) in [5, 5.41) is 0.681. The van der Waals surface area contributed by atoms with Crippen molar-refractivity contribution in [3.63, 3.8) is 0 Å². The third-order valence-corrected chi connectivity index (χ3v) is 6.59. The van der Waals surface area contributed by atoms with Crippen LogP contribution in [0.25, 0.3) is 0 Å². The molecule has 3 aliphatic rings. The number of rotatable bonds is 2. The van der Waals surface area contributed by atoms with E-state index < -0.39 is 0 Å². The Morgan fingerprint density at radius 2 is 2.00 bits per heavy atom. The van der Waals surface area contributed by atoms with Gasteiger partial charge in [0.15, 0.2) is 0 Å². The molecule has 3 aliphatic heterocycles. The van der Waals surface area contributed by atoms with Crippen LogP contribution in [0.5, 0.6) is 0 Å². The molecule has 0 radical (unpaired) electrons. The van der Waals surface area contributed by atoms with Gasteiger partial charge in [-0.25, -0.2) is 4.98 Å². The zero-order valence-corrected chi connectivity index (χ0v) is 15.7. The average Bonchev–Trinajstić information content (AvgIpc) is 3.05. The van der Waals surface area contributed by atoms with Crippen LogP contribution >= 0.6 is 11.6 Å². The van der Waals surface area contributed by atoms with Crippen LogP contribution < -0.4 is 4.90 Å². The molecule has 1 spiro atoms. The quantitative estimate of drug-likeness (QED) is 0.810. The van der Waals surface area contributed by atoms with Crippen LogP contribution in [0.3, 0.4) is 0 Å². The Labute approximate surface area is 154 Å². The Morgan fingerprint density at radius 3 is 2.64 bits per heavy atom.